The number of hydrogen-bond donors (Lipinski definition) is 0. The van der Waals surface area contributed by atoms with Crippen molar-refractivity contribution in [3.05, 3.63) is 30.0 Å². The van der Waals surface area contributed by atoms with Crippen LogP contribution in [-0.2, 0) is 4.74 Å². The normalized spacial score (nSPS) is 20.8. The molecule has 2 aromatic rings. The zero-order valence-electron chi connectivity index (χ0n) is 8.43. The minimum Gasteiger partial charge on any atom is -0.375 e. The third kappa shape index (κ3) is 1.32. The Bertz CT molecular complexity index is 565. The van der Waals surface area contributed by atoms with E-state index in [9.17, 15) is 0 Å². The van der Waals surface area contributed by atoms with E-state index in [1.807, 2.05) is 4.57 Å². The molecule has 0 bridgehead atoms. The Hall–Kier alpha value is -1.46. The number of imidazole rings is 1. The fraction of sp³-hybridized carbons (Fsp3) is 0.300. The predicted molar refractivity (Wildman–Crippen MR) is 59.3 cm³/mol. The van der Waals surface area contributed by atoms with Crippen molar-refractivity contribution in [2.24, 2.45) is 0 Å². The third-order valence-electron chi connectivity index (χ3n) is 2.68. The Labute approximate surface area is 96.7 Å². The van der Waals surface area contributed by atoms with Crippen molar-refractivity contribution in [2.75, 3.05) is 13.2 Å². The standard InChI is InChI=1S/C10H9ClN4O/c1-6-2-16-3-7(6)15-5-14-8-9(11)12-4-13-10(8)15/h4-5,7H,1-3H2/t7-/m0/s1. The lowest BCUT2D eigenvalue weighted by Crippen LogP contribution is -2.09. The second-order valence-corrected chi connectivity index (χ2v) is 4.04. The molecule has 1 saturated heterocycles. The molecule has 0 aromatic carbocycles. The lowest BCUT2D eigenvalue weighted by molar-refractivity contribution is 0.189. The number of nitrogens with zero attached hydrogens (tertiary/aromatic N) is 4. The SMILES string of the molecule is C=C1COC[C@@H]1n1cnc2c(Cl)ncnc21. The molecule has 3 heterocycles. The minimum atomic E-state index is 0.0935. The monoisotopic (exact) mass is 236 g/mol. The van der Waals surface area contributed by atoms with Gasteiger partial charge in [-0.15, -0.1) is 0 Å². The highest BCUT2D eigenvalue weighted by molar-refractivity contribution is 6.33. The second kappa shape index (κ2) is 3.54. The molecular weight excluding hydrogens is 228 g/mol. The lowest BCUT2D eigenvalue weighted by atomic mass is 10.2. The van der Waals surface area contributed by atoms with Crippen LogP contribution in [0.2, 0.25) is 5.15 Å². The van der Waals surface area contributed by atoms with Crippen LogP contribution < -0.4 is 0 Å². The van der Waals surface area contributed by atoms with Crippen LogP contribution in [-0.4, -0.2) is 32.7 Å². The van der Waals surface area contributed by atoms with Gasteiger partial charge < -0.3 is 9.30 Å². The van der Waals surface area contributed by atoms with Crippen molar-refractivity contribution in [1.82, 2.24) is 19.5 Å². The largest absolute Gasteiger partial charge is 0.375 e. The molecule has 0 N–H and O–H groups in total. The minimum absolute atomic E-state index is 0.0935. The summed E-state index contributed by atoms with van der Waals surface area (Å²) in [4.78, 5) is 12.3. The first-order chi connectivity index (χ1) is 7.77. The maximum Gasteiger partial charge on any atom is 0.165 e. The molecule has 0 aliphatic carbocycles. The summed E-state index contributed by atoms with van der Waals surface area (Å²) in [7, 11) is 0. The molecule has 2 aromatic heterocycles. The molecule has 3 rings (SSSR count). The summed E-state index contributed by atoms with van der Waals surface area (Å²) in [5.41, 5.74) is 2.36. The summed E-state index contributed by atoms with van der Waals surface area (Å²) in [6.45, 7) is 5.16. The van der Waals surface area contributed by atoms with Crippen molar-refractivity contribution in [2.45, 2.75) is 6.04 Å². The Balaban J connectivity index is 2.17. The first-order valence-electron chi connectivity index (χ1n) is 4.86. The van der Waals surface area contributed by atoms with Gasteiger partial charge in [-0.1, -0.05) is 18.2 Å². The maximum atomic E-state index is 5.93. The molecule has 0 amide bonds. The van der Waals surface area contributed by atoms with Gasteiger partial charge in [0.15, 0.2) is 10.8 Å². The van der Waals surface area contributed by atoms with Gasteiger partial charge in [0.2, 0.25) is 0 Å². The summed E-state index contributed by atoms with van der Waals surface area (Å²) in [5, 5.41) is 0.369. The molecule has 82 valence electrons. The van der Waals surface area contributed by atoms with Crippen LogP contribution in [0.4, 0.5) is 0 Å². The second-order valence-electron chi connectivity index (χ2n) is 3.68. The Morgan fingerprint density at radius 3 is 3.06 bits per heavy atom. The quantitative estimate of drug-likeness (QED) is 0.558. The van der Waals surface area contributed by atoms with Crippen LogP contribution in [0, 0.1) is 0 Å². The van der Waals surface area contributed by atoms with Crippen LogP contribution in [0.25, 0.3) is 11.2 Å². The summed E-state index contributed by atoms with van der Waals surface area (Å²) in [6, 6.07) is 0.0935. The molecule has 0 saturated carbocycles. The predicted octanol–water partition coefficient (Wildman–Crippen LogP) is 1.61. The van der Waals surface area contributed by atoms with Crippen LogP contribution >= 0.6 is 11.6 Å². The first-order valence-corrected chi connectivity index (χ1v) is 5.23. The highest BCUT2D eigenvalue weighted by Gasteiger charge is 2.24. The number of ether oxygens (including phenoxy) is 1. The number of hydrogen-bond acceptors (Lipinski definition) is 4. The number of rotatable bonds is 1. The average Bonchev–Trinajstić information content (AvgIpc) is 2.84. The molecule has 1 fully saturated rings. The van der Waals surface area contributed by atoms with E-state index in [0.717, 1.165) is 11.2 Å². The van der Waals surface area contributed by atoms with Gasteiger partial charge in [-0.25, -0.2) is 15.0 Å². The van der Waals surface area contributed by atoms with E-state index < -0.39 is 0 Å². The van der Waals surface area contributed by atoms with Gasteiger partial charge in [0.25, 0.3) is 0 Å². The van der Waals surface area contributed by atoms with Crippen molar-refractivity contribution in [3.63, 3.8) is 0 Å². The van der Waals surface area contributed by atoms with E-state index in [0.29, 0.717) is 23.9 Å². The van der Waals surface area contributed by atoms with Crippen LogP contribution in [0.5, 0.6) is 0 Å². The zero-order valence-corrected chi connectivity index (χ0v) is 9.18. The summed E-state index contributed by atoms with van der Waals surface area (Å²) < 4.78 is 7.28. The number of fused-ring (bicyclic) bond motifs is 1. The van der Waals surface area contributed by atoms with E-state index in [1.54, 1.807) is 6.33 Å². The molecule has 1 aliphatic heterocycles. The molecule has 1 atom stereocenters. The van der Waals surface area contributed by atoms with Crippen LogP contribution in [0.3, 0.4) is 0 Å². The van der Waals surface area contributed by atoms with Crippen molar-refractivity contribution >= 4 is 22.8 Å². The maximum absolute atomic E-state index is 5.93. The van der Waals surface area contributed by atoms with E-state index in [-0.39, 0.29) is 6.04 Å². The smallest absolute Gasteiger partial charge is 0.165 e. The zero-order chi connectivity index (χ0) is 11.1. The Morgan fingerprint density at radius 2 is 2.31 bits per heavy atom. The van der Waals surface area contributed by atoms with Crippen molar-refractivity contribution in [1.29, 1.82) is 0 Å². The fourth-order valence-corrected chi connectivity index (χ4v) is 2.02. The summed E-state index contributed by atoms with van der Waals surface area (Å²) >= 11 is 5.93. The number of aromatic nitrogens is 4. The van der Waals surface area contributed by atoms with E-state index in [2.05, 4.69) is 21.5 Å². The van der Waals surface area contributed by atoms with Crippen molar-refractivity contribution in [3.8, 4) is 0 Å². The average molecular weight is 237 g/mol. The van der Waals surface area contributed by atoms with Crippen LogP contribution in [0.1, 0.15) is 6.04 Å². The highest BCUT2D eigenvalue weighted by atomic mass is 35.5. The molecule has 16 heavy (non-hydrogen) atoms. The van der Waals surface area contributed by atoms with E-state index >= 15 is 0 Å². The van der Waals surface area contributed by atoms with Gasteiger partial charge >= 0.3 is 0 Å². The van der Waals surface area contributed by atoms with E-state index in [1.165, 1.54) is 6.33 Å². The van der Waals surface area contributed by atoms with Gasteiger partial charge in [0, 0.05) is 0 Å². The van der Waals surface area contributed by atoms with Gasteiger partial charge in [-0.05, 0) is 5.57 Å². The molecule has 6 heteroatoms. The van der Waals surface area contributed by atoms with Gasteiger partial charge in [0.05, 0.1) is 25.6 Å². The molecule has 0 spiro atoms. The highest BCUT2D eigenvalue weighted by Crippen LogP contribution is 2.27. The molecule has 5 nitrogen and oxygen atoms in total. The van der Waals surface area contributed by atoms with Gasteiger partial charge in [0.1, 0.15) is 11.8 Å². The fourth-order valence-electron chi connectivity index (χ4n) is 1.84. The molecule has 0 radical (unpaired) electrons. The van der Waals surface area contributed by atoms with Crippen LogP contribution in [0.15, 0.2) is 24.8 Å². The Kier molecular flexibility index (Phi) is 2.15. The van der Waals surface area contributed by atoms with E-state index in [4.69, 9.17) is 16.3 Å². The van der Waals surface area contributed by atoms with Gasteiger partial charge in [-0.2, -0.15) is 0 Å². The molecular formula is C10H9ClN4O. The summed E-state index contributed by atoms with van der Waals surface area (Å²) in [6.07, 6.45) is 3.14. The summed E-state index contributed by atoms with van der Waals surface area (Å²) in [5.74, 6) is 0. The topological polar surface area (TPSA) is 52.8 Å². The van der Waals surface area contributed by atoms with Crippen molar-refractivity contribution < 1.29 is 4.74 Å². The lowest BCUT2D eigenvalue weighted by Gasteiger charge is -2.11. The van der Waals surface area contributed by atoms with Gasteiger partial charge in [-0.3, -0.25) is 0 Å². The first kappa shape index (κ1) is 9.74. The third-order valence-corrected chi connectivity index (χ3v) is 2.96. The Morgan fingerprint density at radius 1 is 1.44 bits per heavy atom. The molecule has 1 aliphatic rings. The number of halogens is 1. The molecule has 0 unspecified atom stereocenters.